The van der Waals surface area contributed by atoms with E-state index in [1.807, 2.05) is 13.1 Å². The highest BCUT2D eigenvalue weighted by molar-refractivity contribution is 5.17. The largest absolute Gasteiger partial charge is 0.319 e. The maximum absolute atomic E-state index is 12.9. The predicted molar refractivity (Wildman–Crippen MR) is 57.8 cm³/mol. The Morgan fingerprint density at radius 3 is 2.64 bits per heavy atom. The molecule has 0 spiro atoms. The number of nitrogens with one attached hydrogen (secondary N) is 1. The van der Waals surface area contributed by atoms with Gasteiger partial charge in [0.1, 0.15) is 5.82 Å². The molecule has 0 atom stereocenters. The minimum atomic E-state index is -0.150. The van der Waals surface area contributed by atoms with E-state index in [4.69, 9.17) is 0 Å². The van der Waals surface area contributed by atoms with Crippen LogP contribution in [0.3, 0.4) is 0 Å². The van der Waals surface area contributed by atoms with E-state index in [-0.39, 0.29) is 11.2 Å². The van der Waals surface area contributed by atoms with Crippen molar-refractivity contribution in [3.8, 4) is 0 Å². The molecule has 0 aromatic heterocycles. The maximum Gasteiger partial charge on any atom is 0.123 e. The monoisotopic (exact) mass is 195 g/mol. The van der Waals surface area contributed by atoms with Crippen molar-refractivity contribution in [1.82, 2.24) is 5.32 Å². The molecule has 1 nitrogen and oxygen atoms in total. The molecule has 78 valence electrons. The van der Waals surface area contributed by atoms with Gasteiger partial charge in [-0.15, -0.1) is 0 Å². The van der Waals surface area contributed by atoms with Gasteiger partial charge in [0.2, 0.25) is 0 Å². The van der Waals surface area contributed by atoms with E-state index in [2.05, 4.69) is 19.2 Å². The van der Waals surface area contributed by atoms with Crippen LogP contribution in [0.2, 0.25) is 0 Å². The Labute approximate surface area is 85.3 Å². The summed E-state index contributed by atoms with van der Waals surface area (Å²) in [6, 6.07) is 6.83. The first-order valence-electron chi connectivity index (χ1n) is 4.92. The van der Waals surface area contributed by atoms with Crippen molar-refractivity contribution in [2.75, 3.05) is 13.6 Å². The lowest BCUT2D eigenvalue weighted by Gasteiger charge is -2.24. The van der Waals surface area contributed by atoms with Crippen molar-refractivity contribution in [2.45, 2.75) is 20.3 Å². The van der Waals surface area contributed by atoms with Gasteiger partial charge in [-0.05, 0) is 36.6 Å². The van der Waals surface area contributed by atoms with Gasteiger partial charge in [0.05, 0.1) is 0 Å². The minimum absolute atomic E-state index is 0.150. The highest BCUT2D eigenvalue weighted by Gasteiger charge is 2.17. The molecular formula is C12H18FN. The van der Waals surface area contributed by atoms with Crippen molar-refractivity contribution in [3.63, 3.8) is 0 Å². The minimum Gasteiger partial charge on any atom is -0.319 e. The van der Waals surface area contributed by atoms with Gasteiger partial charge in [0, 0.05) is 6.54 Å². The molecule has 0 aliphatic carbocycles. The van der Waals surface area contributed by atoms with Crippen LogP contribution in [0.15, 0.2) is 24.3 Å². The van der Waals surface area contributed by atoms with Gasteiger partial charge in [-0.3, -0.25) is 0 Å². The van der Waals surface area contributed by atoms with Crippen LogP contribution in [-0.4, -0.2) is 13.6 Å². The van der Waals surface area contributed by atoms with Gasteiger partial charge >= 0.3 is 0 Å². The number of rotatable bonds is 4. The Kier molecular flexibility index (Phi) is 3.64. The Morgan fingerprint density at radius 2 is 2.07 bits per heavy atom. The Hall–Kier alpha value is -0.890. The molecule has 1 N–H and O–H groups in total. The van der Waals surface area contributed by atoms with Crippen LogP contribution in [0, 0.1) is 11.2 Å². The first-order chi connectivity index (χ1) is 6.53. The normalized spacial score (nSPS) is 11.7. The molecule has 1 rings (SSSR count). The van der Waals surface area contributed by atoms with Crippen LogP contribution in [0.5, 0.6) is 0 Å². The fourth-order valence-corrected chi connectivity index (χ4v) is 1.74. The van der Waals surface area contributed by atoms with Crippen molar-refractivity contribution in [2.24, 2.45) is 5.41 Å². The fourth-order valence-electron chi connectivity index (χ4n) is 1.74. The van der Waals surface area contributed by atoms with Crippen LogP contribution in [-0.2, 0) is 6.42 Å². The van der Waals surface area contributed by atoms with E-state index < -0.39 is 0 Å². The summed E-state index contributed by atoms with van der Waals surface area (Å²) in [5.41, 5.74) is 1.23. The van der Waals surface area contributed by atoms with Crippen molar-refractivity contribution in [3.05, 3.63) is 35.6 Å². The maximum atomic E-state index is 12.9. The number of hydrogen-bond donors (Lipinski definition) is 1. The average Bonchev–Trinajstić information content (AvgIpc) is 2.02. The van der Waals surface area contributed by atoms with Crippen LogP contribution in [0.25, 0.3) is 0 Å². The van der Waals surface area contributed by atoms with Crippen LogP contribution < -0.4 is 5.32 Å². The summed E-state index contributed by atoms with van der Waals surface area (Å²) in [5, 5.41) is 3.15. The Morgan fingerprint density at radius 1 is 1.36 bits per heavy atom. The van der Waals surface area contributed by atoms with E-state index in [1.54, 1.807) is 12.1 Å². The smallest absolute Gasteiger partial charge is 0.123 e. The van der Waals surface area contributed by atoms with E-state index in [1.165, 1.54) is 6.07 Å². The summed E-state index contributed by atoms with van der Waals surface area (Å²) in [5.74, 6) is -0.150. The molecule has 0 aliphatic rings. The predicted octanol–water partition coefficient (Wildman–Crippen LogP) is 2.61. The van der Waals surface area contributed by atoms with Crippen molar-refractivity contribution < 1.29 is 4.39 Å². The summed E-state index contributed by atoms with van der Waals surface area (Å²) in [6.07, 6.45) is 0.894. The highest BCUT2D eigenvalue weighted by atomic mass is 19.1. The zero-order chi connectivity index (χ0) is 10.6. The second-order valence-corrected chi connectivity index (χ2v) is 4.50. The molecule has 0 amide bonds. The lowest BCUT2D eigenvalue weighted by atomic mass is 9.86. The second-order valence-electron chi connectivity index (χ2n) is 4.50. The molecule has 1 aromatic rings. The van der Waals surface area contributed by atoms with Gasteiger partial charge in [-0.25, -0.2) is 4.39 Å². The Balaban J connectivity index is 2.68. The van der Waals surface area contributed by atoms with Crippen LogP contribution in [0.1, 0.15) is 19.4 Å². The Bertz CT molecular complexity index is 294. The topological polar surface area (TPSA) is 12.0 Å². The number of hydrogen-bond acceptors (Lipinski definition) is 1. The molecule has 0 aliphatic heterocycles. The third kappa shape index (κ3) is 3.46. The lowest BCUT2D eigenvalue weighted by Crippen LogP contribution is -2.28. The molecule has 2 heteroatoms. The van der Waals surface area contributed by atoms with E-state index >= 15 is 0 Å². The number of benzene rings is 1. The fraction of sp³-hybridized carbons (Fsp3) is 0.500. The van der Waals surface area contributed by atoms with Crippen LogP contribution in [0.4, 0.5) is 4.39 Å². The standard InChI is InChI=1S/C12H18FN/c1-12(2,9-14-3)8-10-5-4-6-11(13)7-10/h4-7,14H,8-9H2,1-3H3. The molecule has 0 unspecified atom stereocenters. The van der Waals surface area contributed by atoms with Gasteiger partial charge in [0.25, 0.3) is 0 Å². The van der Waals surface area contributed by atoms with E-state index in [9.17, 15) is 4.39 Å². The first kappa shape index (κ1) is 11.2. The summed E-state index contributed by atoms with van der Waals surface area (Å²) >= 11 is 0. The van der Waals surface area contributed by atoms with Gasteiger partial charge in [0.15, 0.2) is 0 Å². The molecule has 0 saturated heterocycles. The van der Waals surface area contributed by atoms with Gasteiger partial charge in [-0.1, -0.05) is 26.0 Å². The first-order valence-corrected chi connectivity index (χ1v) is 4.92. The third-order valence-electron chi connectivity index (χ3n) is 2.23. The molecule has 0 heterocycles. The number of halogens is 1. The zero-order valence-corrected chi connectivity index (χ0v) is 9.10. The summed E-state index contributed by atoms with van der Waals surface area (Å²) in [6.45, 7) is 5.28. The van der Waals surface area contributed by atoms with E-state index in [0.717, 1.165) is 18.5 Å². The molecule has 14 heavy (non-hydrogen) atoms. The molecular weight excluding hydrogens is 177 g/mol. The zero-order valence-electron chi connectivity index (χ0n) is 9.10. The van der Waals surface area contributed by atoms with Gasteiger partial charge in [-0.2, -0.15) is 0 Å². The summed E-state index contributed by atoms with van der Waals surface area (Å²) in [7, 11) is 1.94. The highest BCUT2D eigenvalue weighted by Crippen LogP contribution is 2.21. The van der Waals surface area contributed by atoms with Crippen molar-refractivity contribution >= 4 is 0 Å². The van der Waals surface area contributed by atoms with Gasteiger partial charge < -0.3 is 5.32 Å². The third-order valence-corrected chi connectivity index (χ3v) is 2.23. The van der Waals surface area contributed by atoms with Crippen LogP contribution >= 0.6 is 0 Å². The molecule has 0 radical (unpaired) electrons. The average molecular weight is 195 g/mol. The van der Waals surface area contributed by atoms with Crippen molar-refractivity contribution in [1.29, 1.82) is 0 Å². The second kappa shape index (κ2) is 4.56. The molecule has 1 aromatic carbocycles. The SMILES string of the molecule is CNCC(C)(C)Cc1cccc(F)c1. The molecule has 0 fully saturated rings. The summed E-state index contributed by atoms with van der Waals surface area (Å²) < 4.78 is 12.9. The summed E-state index contributed by atoms with van der Waals surface area (Å²) in [4.78, 5) is 0. The quantitative estimate of drug-likeness (QED) is 0.778. The molecule has 0 bridgehead atoms. The lowest BCUT2D eigenvalue weighted by molar-refractivity contribution is 0.349. The van der Waals surface area contributed by atoms with E-state index in [0.29, 0.717) is 0 Å². The molecule has 0 saturated carbocycles.